The van der Waals surface area contributed by atoms with Crippen molar-refractivity contribution in [2.24, 2.45) is 0 Å². The average molecular weight is 342 g/mol. The maximum absolute atomic E-state index is 12.8. The molecule has 0 atom stereocenters. The Morgan fingerprint density at radius 3 is 2.45 bits per heavy atom. The van der Waals surface area contributed by atoms with Crippen LogP contribution < -0.4 is 4.72 Å². The largest absolute Gasteiger partial charge is 0.215 e. The number of hydrogen-bond donors (Lipinski definition) is 1. The molecule has 2 aromatic carbocycles. The number of aryl methyl sites for hydroxylation is 1. The van der Waals surface area contributed by atoms with Crippen molar-refractivity contribution < 1.29 is 12.8 Å². The smallest absolute Gasteiger partial charge is 0.215 e. The molecule has 0 aromatic heterocycles. The monoisotopic (exact) mass is 341 g/mol. The normalized spacial score (nSPS) is 11.5. The first-order valence-corrected chi connectivity index (χ1v) is 8.94. The van der Waals surface area contributed by atoms with Gasteiger partial charge in [0.15, 0.2) is 0 Å². The molecule has 0 spiro atoms. The Morgan fingerprint density at radius 2 is 1.77 bits per heavy atom. The Kier molecular flexibility index (Phi) is 5.94. The van der Waals surface area contributed by atoms with Crippen LogP contribution in [-0.4, -0.2) is 15.0 Å². The zero-order chi connectivity index (χ0) is 16.0. The summed E-state index contributed by atoms with van der Waals surface area (Å²) in [6, 6.07) is 13.0. The molecule has 0 aliphatic rings. The fourth-order valence-electron chi connectivity index (χ4n) is 2.07. The van der Waals surface area contributed by atoms with E-state index in [1.54, 1.807) is 36.4 Å². The lowest BCUT2D eigenvalue weighted by Crippen LogP contribution is -2.26. The van der Waals surface area contributed by atoms with Gasteiger partial charge in [0, 0.05) is 11.6 Å². The molecule has 2 aromatic rings. The molecule has 0 heterocycles. The lowest BCUT2D eigenvalue weighted by molar-refractivity contribution is 0.578. The van der Waals surface area contributed by atoms with Gasteiger partial charge in [0.25, 0.3) is 0 Å². The SMILES string of the molecule is O=S(=O)(Cc1cccc(Cl)c1)NCCCc1ccc(F)cc1. The molecule has 0 saturated heterocycles. The van der Waals surface area contributed by atoms with Crippen molar-refractivity contribution in [1.82, 2.24) is 4.72 Å². The van der Waals surface area contributed by atoms with E-state index >= 15 is 0 Å². The van der Waals surface area contributed by atoms with Gasteiger partial charge >= 0.3 is 0 Å². The van der Waals surface area contributed by atoms with Crippen LogP contribution in [0.25, 0.3) is 0 Å². The first-order valence-electron chi connectivity index (χ1n) is 6.91. The van der Waals surface area contributed by atoms with Crippen molar-refractivity contribution in [3.05, 3.63) is 70.5 Å². The van der Waals surface area contributed by atoms with Crippen molar-refractivity contribution in [3.63, 3.8) is 0 Å². The summed E-state index contributed by atoms with van der Waals surface area (Å²) in [6.07, 6.45) is 1.35. The van der Waals surface area contributed by atoms with Crippen LogP contribution >= 0.6 is 11.6 Å². The fourth-order valence-corrected chi connectivity index (χ4v) is 3.46. The lowest BCUT2D eigenvalue weighted by atomic mass is 10.1. The summed E-state index contributed by atoms with van der Waals surface area (Å²) in [5.74, 6) is -0.365. The molecule has 0 fully saturated rings. The Hall–Kier alpha value is -1.43. The summed E-state index contributed by atoms with van der Waals surface area (Å²) in [4.78, 5) is 0. The minimum absolute atomic E-state index is 0.0931. The van der Waals surface area contributed by atoms with E-state index in [-0.39, 0.29) is 11.6 Å². The summed E-state index contributed by atoms with van der Waals surface area (Å²) in [5.41, 5.74) is 1.63. The maximum Gasteiger partial charge on any atom is 0.215 e. The van der Waals surface area contributed by atoms with Crippen molar-refractivity contribution >= 4 is 21.6 Å². The first kappa shape index (κ1) is 16.9. The van der Waals surface area contributed by atoms with Crippen LogP contribution in [0.1, 0.15) is 17.5 Å². The second-order valence-corrected chi connectivity index (χ2v) is 7.26. The van der Waals surface area contributed by atoms with Gasteiger partial charge in [0.05, 0.1) is 5.75 Å². The molecular formula is C16H17ClFNO2S. The van der Waals surface area contributed by atoms with Crippen LogP contribution in [0.5, 0.6) is 0 Å². The molecule has 3 nitrogen and oxygen atoms in total. The second-order valence-electron chi connectivity index (χ2n) is 5.01. The standard InChI is InChI=1S/C16H17ClFNO2S/c17-15-5-1-3-14(11-15)12-22(20,21)19-10-2-4-13-6-8-16(18)9-7-13/h1,3,5-9,11,19H,2,4,10,12H2. The van der Waals surface area contributed by atoms with Crippen LogP contribution in [0.15, 0.2) is 48.5 Å². The highest BCUT2D eigenvalue weighted by atomic mass is 35.5. The van der Waals surface area contributed by atoms with Gasteiger partial charge in [0.1, 0.15) is 5.82 Å². The summed E-state index contributed by atoms with van der Waals surface area (Å²) >= 11 is 5.84. The van der Waals surface area contributed by atoms with E-state index in [1.807, 2.05) is 0 Å². The molecule has 0 radical (unpaired) electrons. The highest BCUT2D eigenvalue weighted by Gasteiger charge is 2.11. The first-order chi connectivity index (χ1) is 10.4. The minimum Gasteiger partial charge on any atom is -0.215 e. The van der Waals surface area contributed by atoms with Crippen molar-refractivity contribution in [3.8, 4) is 0 Å². The Labute approximate surface area is 135 Å². The van der Waals surface area contributed by atoms with E-state index in [2.05, 4.69) is 4.72 Å². The van der Waals surface area contributed by atoms with Gasteiger partial charge in [-0.15, -0.1) is 0 Å². The van der Waals surface area contributed by atoms with Gasteiger partial charge < -0.3 is 0 Å². The highest BCUT2D eigenvalue weighted by molar-refractivity contribution is 7.88. The van der Waals surface area contributed by atoms with Crippen LogP contribution in [0.3, 0.4) is 0 Å². The second kappa shape index (κ2) is 7.72. The third-order valence-electron chi connectivity index (χ3n) is 3.12. The minimum atomic E-state index is -3.38. The molecular weight excluding hydrogens is 325 g/mol. The van der Waals surface area contributed by atoms with Gasteiger partial charge in [-0.25, -0.2) is 17.5 Å². The third-order valence-corrected chi connectivity index (χ3v) is 4.72. The summed E-state index contributed by atoms with van der Waals surface area (Å²) in [7, 11) is -3.38. The summed E-state index contributed by atoms with van der Waals surface area (Å²) in [5, 5.41) is 0.518. The highest BCUT2D eigenvalue weighted by Crippen LogP contribution is 2.13. The molecule has 0 aliphatic heterocycles. The van der Waals surface area contributed by atoms with Crippen molar-refractivity contribution in [2.45, 2.75) is 18.6 Å². The van der Waals surface area contributed by atoms with E-state index < -0.39 is 10.0 Å². The quantitative estimate of drug-likeness (QED) is 0.783. The molecule has 0 saturated carbocycles. The molecule has 118 valence electrons. The number of benzene rings is 2. The molecule has 0 unspecified atom stereocenters. The van der Waals surface area contributed by atoms with Crippen LogP contribution in [-0.2, 0) is 22.2 Å². The van der Waals surface area contributed by atoms with E-state index in [1.165, 1.54) is 12.1 Å². The lowest BCUT2D eigenvalue weighted by Gasteiger charge is -2.07. The van der Waals surface area contributed by atoms with Crippen LogP contribution in [0, 0.1) is 5.82 Å². The fraction of sp³-hybridized carbons (Fsp3) is 0.250. The molecule has 0 amide bonds. The van der Waals surface area contributed by atoms with E-state index in [9.17, 15) is 12.8 Å². The Morgan fingerprint density at radius 1 is 1.05 bits per heavy atom. The molecule has 0 aliphatic carbocycles. The molecule has 0 bridgehead atoms. The number of sulfonamides is 1. The zero-order valence-electron chi connectivity index (χ0n) is 11.9. The topological polar surface area (TPSA) is 46.2 Å². The van der Waals surface area contributed by atoms with Crippen molar-refractivity contribution in [1.29, 1.82) is 0 Å². The van der Waals surface area contributed by atoms with E-state index in [4.69, 9.17) is 11.6 Å². The molecule has 2 rings (SSSR count). The zero-order valence-corrected chi connectivity index (χ0v) is 13.5. The molecule has 6 heteroatoms. The number of hydrogen-bond acceptors (Lipinski definition) is 2. The van der Waals surface area contributed by atoms with Gasteiger partial charge in [-0.1, -0.05) is 35.9 Å². The molecule has 22 heavy (non-hydrogen) atoms. The summed E-state index contributed by atoms with van der Waals surface area (Å²) < 4.78 is 39.3. The number of rotatable bonds is 7. The maximum atomic E-state index is 12.8. The van der Waals surface area contributed by atoms with E-state index in [0.717, 1.165) is 5.56 Å². The Bertz CT molecular complexity index is 717. The summed E-state index contributed by atoms with van der Waals surface area (Å²) in [6.45, 7) is 0.347. The van der Waals surface area contributed by atoms with E-state index in [0.29, 0.717) is 30.0 Å². The van der Waals surface area contributed by atoms with Gasteiger partial charge in [-0.2, -0.15) is 0 Å². The third kappa shape index (κ3) is 5.75. The predicted molar refractivity (Wildman–Crippen MR) is 86.8 cm³/mol. The number of halogens is 2. The van der Waals surface area contributed by atoms with Crippen LogP contribution in [0.4, 0.5) is 4.39 Å². The number of nitrogens with one attached hydrogen (secondary N) is 1. The predicted octanol–water partition coefficient (Wildman–Crippen LogP) is 3.53. The average Bonchev–Trinajstić information content (AvgIpc) is 2.45. The van der Waals surface area contributed by atoms with Crippen molar-refractivity contribution in [2.75, 3.05) is 6.54 Å². The van der Waals surface area contributed by atoms with Gasteiger partial charge in [-0.05, 0) is 48.2 Å². The molecule has 1 N–H and O–H groups in total. The van der Waals surface area contributed by atoms with Gasteiger partial charge in [-0.3, -0.25) is 0 Å². The Balaban J connectivity index is 1.79. The van der Waals surface area contributed by atoms with Gasteiger partial charge in [0.2, 0.25) is 10.0 Å². The van der Waals surface area contributed by atoms with Crippen LogP contribution in [0.2, 0.25) is 5.02 Å².